The van der Waals surface area contributed by atoms with E-state index in [1.165, 1.54) is 44.9 Å². The quantitative estimate of drug-likeness (QED) is 0.0350. The highest BCUT2D eigenvalue weighted by atomic mass is 31.2. The van der Waals surface area contributed by atoms with Crippen LogP contribution in [-0.4, -0.2) is 73.4 Å². The van der Waals surface area contributed by atoms with Crippen molar-refractivity contribution in [1.29, 1.82) is 0 Å². The molecule has 3 unspecified atom stereocenters. The Morgan fingerprint density at radius 1 is 0.805 bits per heavy atom. The van der Waals surface area contributed by atoms with Crippen molar-refractivity contribution >= 4 is 13.7 Å². The maximum absolute atomic E-state index is 12.6. The summed E-state index contributed by atoms with van der Waals surface area (Å²) in [5.41, 5.74) is 0. The van der Waals surface area contributed by atoms with Crippen LogP contribution in [0.25, 0.3) is 0 Å². The summed E-state index contributed by atoms with van der Waals surface area (Å²) in [6, 6.07) is -0.755. The Hall–Kier alpha value is -0.760. The largest absolute Gasteiger partial charge is 0.472 e. The zero-order valence-corrected chi connectivity index (χ0v) is 28.2. The number of aliphatic hydroxyl groups is 1. The maximum atomic E-state index is 12.6. The fourth-order valence-corrected chi connectivity index (χ4v) is 5.24. The average molecular weight is 606 g/mol. The summed E-state index contributed by atoms with van der Waals surface area (Å²) in [6.07, 6.45) is 24.1. The van der Waals surface area contributed by atoms with Crippen LogP contribution in [0.5, 0.6) is 0 Å². The van der Waals surface area contributed by atoms with Crippen molar-refractivity contribution < 1.29 is 32.9 Å². The lowest BCUT2D eigenvalue weighted by atomic mass is 10.0. The van der Waals surface area contributed by atoms with Gasteiger partial charge in [-0.1, -0.05) is 103 Å². The number of amides is 1. The van der Waals surface area contributed by atoms with Crippen LogP contribution in [-0.2, 0) is 18.4 Å². The zero-order valence-electron chi connectivity index (χ0n) is 27.3. The fraction of sp³-hybridized carbons (Fsp3) is 0.906. The number of unbranched alkanes of at least 4 members (excludes halogenated alkanes) is 14. The van der Waals surface area contributed by atoms with Crippen molar-refractivity contribution in [2.24, 2.45) is 0 Å². The predicted octanol–water partition coefficient (Wildman–Crippen LogP) is 7.68. The first-order valence-corrected chi connectivity index (χ1v) is 18.0. The second kappa shape index (κ2) is 25.7. The number of phosphoric acid groups is 1. The molecule has 0 radical (unpaired) electrons. The maximum Gasteiger partial charge on any atom is 0.472 e. The van der Waals surface area contributed by atoms with E-state index in [4.69, 9.17) is 9.05 Å². The summed E-state index contributed by atoms with van der Waals surface area (Å²) in [5.74, 6) is -0.163. The van der Waals surface area contributed by atoms with Gasteiger partial charge in [0.05, 0.1) is 39.9 Å². The summed E-state index contributed by atoms with van der Waals surface area (Å²) in [7, 11) is 1.60. The Morgan fingerprint density at radius 2 is 1.32 bits per heavy atom. The van der Waals surface area contributed by atoms with Gasteiger partial charge < -0.3 is 19.8 Å². The molecular weight excluding hydrogens is 539 g/mol. The summed E-state index contributed by atoms with van der Waals surface area (Å²) < 4.78 is 23.3. The second-order valence-corrected chi connectivity index (χ2v) is 14.0. The fourth-order valence-electron chi connectivity index (χ4n) is 4.51. The monoisotopic (exact) mass is 605 g/mol. The molecule has 41 heavy (non-hydrogen) atoms. The van der Waals surface area contributed by atoms with Gasteiger partial charge in [-0.25, -0.2) is 4.57 Å². The van der Waals surface area contributed by atoms with Gasteiger partial charge in [0.25, 0.3) is 0 Å². The minimum absolute atomic E-state index is 0.0731. The molecule has 0 heterocycles. The van der Waals surface area contributed by atoms with Crippen LogP contribution in [0.15, 0.2) is 12.2 Å². The van der Waals surface area contributed by atoms with Gasteiger partial charge in [-0.05, 0) is 38.5 Å². The van der Waals surface area contributed by atoms with Crippen LogP contribution >= 0.6 is 7.82 Å². The van der Waals surface area contributed by atoms with E-state index in [0.29, 0.717) is 23.9 Å². The molecule has 3 N–H and O–H groups in total. The standard InChI is InChI=1S/C32H65N2O6P/c1-6-8-10-12-13-14-15-16-17-18-19-20-22-24-26-32(36)33-30(31(35)25-23-21-11-9-7-2)29-40-41(37,38)39-28-27-34(3,4)5/h15-16,30-31,35H,6-14,17-29H2,1-5H3,(H-,33,36,37,38)/p+1/b16-15-. The average Bonchev–Trinajstić information content (AvgIpc) is 2.90. The minimum atomic E-state index is -4.29. The summed E-state index contributed by atoms with van der Waals surface area (Å²) >= 11 is 0. The summed E-state index contributed by atoms with van der Waals surface area (Å²) in [5, 5.41) is 13.6. The first-order chi connectivity index (χ1) is 19.5. The van der Waals surface area contributed by atoms with Crippen molar-refractivity contribution in [3.8, 4) is 0 Å². The number of allylic oxidation sites excluding steroid dienone is 2. The van der Waals surface area contributed by atoms with E-state index in [-0.39, 0.29) is 19.1 Å². The van der Waals surface area contributed by atoms with Crippen molar-refractivity contribution in [3.05, 3.63) is 12.2 Å². The predicted molar refractivity (Wildman–Crippen MR) is 171 cm³/mol. The molecule has 9 heteroatoms. The van der Waals surface area contributed by atoms with Crippen LogP contribution in [0, 0.1) is 0 Å². The van der Waals surface area contributed by atoms with Crippen molar-refractivity contribution in [2.45, 2.75) is 148 Å². The van der Waals surface area contributed by atoms with Crippen LogP contribution in [0.2, 0.25) is 0 Å². The van der Waals surface area contributed by atoms with Gasteiger partial charge >= 0.3 is 7.82 Å². The van der Waals surface area contributed by atoms with Crippen LogP contribution in [0.1, 0.15) is 136 Å². The molecule has 0 saturated heterocycles. The van der Waals surface area contributed by atoms with Gasteiger partial charge in [0.15, 0.2) is 0 Å². The number of hydrogen-bond donors (Lipinski definition) is 3. The normalized spacial score (nSPS) is 15.2. The number of quaternary nitrogens is 1. The molecule has 0 aliphatic rings. The molecule has 0 aromatic carbocycles. The molecule has 0 aromatic rings. The zero-order chi connectivity index (χ0) is 30.8. The lowest BCUT2D eigenvalue weighted by Crippen LogP contribution is -2.46. The molecule has 244 valence electrons. The van der Waals surface area contributed by atoms with E-state index in [9.17, 15) is 19.4 Å². The summed E-state index contributed by atoms with van der Waals surface area (Å²) in [6.45, 7) is 4.75. The Morgan fingerprint density at radius 3 is 1.88 bits per heavy atom. The number of carbonyl (C=O) groups is 1. The number of nitrogens with zero attached hydrogens (tertiary/aromatic N) is 1. The first-order valence-electron chi connectivity index (χ1n) is 16.6. The molecule has 0 saturated carbocycles. The molecule has 3 atom stereocenters. The molecule has 0 spiro atoms. The van der Waals surface area contributed by atoms with Crippen molar-refractivity contribution in [3.63, 3.8) is 0 Å². The lowest BCUT2D eigenvalue weighted by Gasteiger charge is -2.26. The highest BCUT2D eigenvalue weighted by Gasteiger charge is 2.28. The molecule has 0 aliphatic heterocycles. The number of carbonyl (C=O) groups excluding carboxylic acids is 1. The third-order valence-electron chi connectivity index (χ3n) is 7.26. The SMILES string of the molecule is CCCCCCC/C=C\CCCCCCCC(=O)NC(COP(=O)(O)OCC[N+](C)(C)C)C(O)CCCCCCC. The van der Waals surface area contributed by atoms with E-state index >= 15 is 0 Å². The Labute approximate surface area is 252 Å². The molecule has 0 bridgehead atoms. The number of likely N-dealkylation sites (N-methyl/N-ethyl adjacent to an activating group) is 1. The Balaban J connectivity index is 4.39. The van der Waals surface area contributed by atoms with Crippen LogP contribution < -0.4 is 5.32 Å². The number of nitrogens with one attached hydrogen (secondary N) is 1. The molecule has 0 rings (SSSR count). The molecular formula is C32H66N2O6P+. The minimum Gasteiger partial charge on any atom is -0.391 e. The van der Waals surface area contributed by atoms with E-state index < -0.39 is 20.0 Å². The number of phosphoric ester groups is 1. The van der Waals surface area contributed by atoms with Crippen LogP contribution in [0.3, 0.4) is 0 Å². The van der Waals surface area contributed by atoms with Gasteiger partial charge in [0.1, 0.15) is 13.2 Å². The second-order valence-electron chi connectivity index (χ2n) is 12.5. The lowest BCUT2D eigenvalue weighted by molar-refractivity contribution is -0.870. The molecule has 0 aromatic heterocycles. The first kappa shape index (κ1) is 40.2. The van der Waals surface area contributed by atoms with E-state index in [2.05, 4.69) is 31.3 Å². The molecule has 1 amide bonds. The van der Waals surface area contributed by atoms with Gasteiger partial charge in [0, 0.05) is 6.42 Å². The van der Waals surface area contributed by atoms with Gasteiger partial charge in [0.2, 0.25) is 5.91 Å². The summed E-state index contributed by atoms with van der Waals surface area (Å²) in [4.78, 5) is 22.7. The molecule has 0 aliphatic carbocycles. The third kappa shape index (κ3) is 27.8. The van der Waals surface area contributed by atoms with E-state index in [0.717, 1.165) is 64.2 Å². The van der Waals surface area contributed by atoms with E-state index in [1.54, 1.807) is 0 Å². The van der Waals surface area contributed by atoms with Gasteiger partial charge in [-0.2, -0.15) is 0 Å². The van der Waals surface area contributed by atoms with Crippen LogP contribution in [0.4, 0.5) is 0 Å². The highest BCUT2D eigenvalue weighted by molar-refractivity contribution is 7.47. The smallest absolute Gasteiger partial charge is 0.391 e. The van der Waals surface area contributed by atoms with E-state index in [1.807, 2.05) is 21.1 Å². The number of rotatable bonds is 29. The Kier molecular flexibility index (Phi) is 25.2. The number of hydrogen-bond acceptors (Lipinski definition) is 5. The Bertz CT molecular complexity index is 698. The van der Waals surface area contributed by atoms with Crippen molar-refractivity contribution in [1.82, 2.24) is 5.32 Å². The number of aliphatic hydroxyl groups excluding tert-OH is 1. The third-order valence-corrected chi connectivity index (χ3v) is 8.25. The molecule has 8 nitrogen and oxygen atoms in total. The van der Waals surface area contributed by atoms with Crippen molar-refractivity contribution in [2.75, 3.05) is 40.9 Å². The topological polar surface area (TPSA) is 105 Å². The van der Waals surface area contributed by atoms with Gasteiger partial charge in [-0.15, -0.1) is 0 Å². The van der Waals surface area contributed by atoms with Gasteiger partial charge in [-0.3, -0.25) is 13.8 Å². The molecule has 0 fully saturated rings. The highest BCUT2D eigenvalue weighted by Crippen LogP contribution is 2.43.